The molecule has 10 heteroatoms. The van der Waals surface area contributed by atoms with E-state index in [1.807, 2.05) is 51.1 Å². The monoisotopic (exact) mass is 786 g/mol. The number of hydrogen-bond donors (Lipinski definition) is 0. The van der Waals surface area contributed by atoms with Gasteiger partial charge in [0, 0.05) is 57.7 Å². The van der Waals surface area contributed by atoms with E-state index in [9.17, 15) is 9.59 Å². The quantitative estimate of drug-likeness (QED) is 0.0987. The molecule has 1 unspecified atom stereocenters. The number of fused-ring (bicyclic) bond motifs is 1. The zero-order valence-electron chi connectivity index (χ0n) is 33.8. The highest BCUT2D eigenvalue weighted by atomic mass is 35.5. The molecule has 2 heterocycles. The van der Waals surface area contributed by atoms with Crippen LogP contribution in [0.1, 0.15) is 130 Å². The number of halogens is 2. The topological polar surface area (TPSA) is 65.6 Å². The molecule has 1 saturated heterocycles. The van der Waals surface area contributed by atoms with Crippen molar-refractivity contribution in [3.8, 4) is 5.75 Å². The van der Waals surface area contributed by atoms with E-state index in [0.717, 1.165) is 81.1 Å². The van der Waals surface area contributed by atoms with E-state index in [2.05, 4.69) is 22.8 Å². The first-order valence-corrected chi connectivity index (χ1v) is 21.9. The summed E-state index contributed by atoms with van der Waals surface area (Å²) in [6.07, 6.45) is 17.4. The number of amides is 2. The first kappa shape index (κ1) is 44.0. The molecule has 0 saturated carbocycles. The minimum atomic E-state index is -0.689. The molecule has 0 aliphatic carbocycles. The second kappa shape index (κ2) is 24.1. The minimum absolute atomic E-state index is 0.0205. The van der Waals surface area contributed by atoms with Crippen molar-refractivity contribution in [3.63, 3.8) is 0 Å². The molecular formula is C44H68Cl2N4O4. The Morgan fingerprint density at radius 3 is 2.11 bits per heavy atom. The molecule has 2 aromatic rings. The Kier molecular flexibility index (Phi) is 19.6. The van der Waals surface area contributed by atoms with E-state index < -0.39 is 6.23 Å². The van der Waals surface area contributed by atoms with E-state index in [1.165, 1.54) is 64.2 Å². The summed E-state index contributed by atoms with van der Waals surface area (Å²) in [7, 11) is 0. The maximum atomic E-state index is 13.5. The Balaban J connectivity index is 1.20. The number of rotatable bonds is 24. The number of benzene rings is 2. The fourth-order valence-electron chi connectivity index (χ4n) is 7.61. The fourth-order valence-corrected chi connectivity index (χ4v) is 8.02. The molecule has 0 spiro atoms. The third-order valence-corrected chi connectivity index (χ3v) is 11.8. The molecule has 2 aliphatic heterocycles. The summed E-state index contributed by atoms with van der Waals surface area (Å²) in [5.41, 5.74) is 2.87. The van der Waals surface area contributed by atoms with Crippen molar-refractivity contribution in [2.24, 2.45) is 5.92 Å². The molecule has 0 aromatic heterocycles. The standard InChI is InChI=1S/C44H68Cl2N4O4/c1-5-7-8-9-10-11-12-13-14-15-16-17-28-48(6-2)44(52)54-43(35(3)4)50-40-34-37(25-23-36(40)24-26-41(50)51)53-33-19-18-27-47-29-31-49(32-30-47)39-22-20-21-38(45)42(39)46/h20-23,25,34-35,43H,5-19,24,26-33H2,1-4H3. The second-order valence-electron chi connectivity index (χ2n) is 15.5. The lowest BCUT2D eigenvalue weighted by Crippen LogP contribution is -2.50. The van der Waals surface area contributed by atoms with Crippen LogP contribution in [0.15, 0.2) is 36.4 Å². The first-order valence-electron chi connectivity index (χ1n) is 21.2. The Morgan fingerprint density at radius 2 is 1.46 bits per heavy atom. The van der Waals surface area contributed by atoms with E-state index >= 15 is 0 Å². The number of anilines is 2. The molecule has 2 amide bonds. The number of ether oxygens (including phenoxy) is 2. The van der Waals surface area contributed by atoms with E-state index in [1.54, 1.807) is 9.80 Å². The summed E-state index contributed by atoms with van der Waals surface area (Å²) in [6, 6.07) is 11.8. The maximum absolute atomic E-state index is 13.5. The van der Waals surface area contributed by atoms with E-state index in [0.29, 0.717) is 42.6 Å². The smallest absolute Gasteiger partial charge is 0.411 e. The van der Waals surface area contributed by atoms with Crippen LogP contribution in [0, 0.1) is 5.92 Å². The molecular weight excluding hydrogens is 719 g/mol. The zero-order chi connectivity index (χ0) is 38.7. The van der Waals surface area contributed by atoms with Crippen LogP contribution in [0.2, 0.25) is 10.0 Å². The molecule has 0 N–H and O–H groups in total. The molecule has 54 heavy (non-hydrogen) atoms. The van der Waals surface area contributed by atoms with Crippen LogP contribution in [-0.2, 0) is 16.0 Å². The fraction of sp³-hybridized carbons (Fsp3) is 0.682. The van der Waals surface area contributed by atoms with Gasteiger partial charge in [-0.3, -0.25) is 14.6 Å². The van der Waals surface area contributed by atoms with Gasteiger partial charge in [0.05, 0.1) is 28.0 Å². The van der Waals surface area contributed by atoms with Gasteiger partial charge in [-0.2, -0.15) is 0 Å². The molecule has 0 bridgehead atoms. The van der Waals surface area contributed by atoms with Gasteiger partial charge in [0.15, 0.2) is 6.23 Å². The largest absolute Gasteiger partial charge is 0.494 e. The SMILES string of the molecule is CCCCCCCCCCCCCCN(CC)C(=O)OC(C(C)C)N1C(=O)CCc2ccc(OCCCCN3CCN(c4cccc(Cl)c4Cl)CC3)cc21. The summed E-state index contributed by atoms with van der Waals surface area (Å²) >= 11 is 12.7. The third-order valence-electron chi connectivity index (χ3n) is 10.9. The second-order valence-corrected chi connectivity index (χ2v) is 16.3. The predicted octanol–water partition coefficient (Wildman–Crippen LogP) is 11.4. The van der Waals surface area contributed by atoms with Gasteiger partial charge >= 0.3 is 6.09 Å². The van der Waals surface area contributed by atoms with Gasteiger partial charge in [0.25, 0.3) is 0 Å². The predicted molar refractivity (Wildman–Crippen MR) is 226 cm³/mol. The van der Waals surface area contributed by atoms with Crippen LogP contribution >= 0.6 is 23.2 Å². The molecule has 2 aliphatic rings. The van der Waals surface area contributed by atoms with E-state index in [4.69, 9.17) is 32.7 Å². The van der Waals surface area contributed by atoms with Crippen molar-refractivity contribution in [1.82, 2.24) is 9.80 Å². The van der Waals surface area contributed by atoms with Gasteiger partial charge in [0.1, 0.15) is 5.75 Å². The van der Waals surface area contributed by atoms with Crippen LogP contribution in [0.5, 0.6) is 5.75 Å². The number of carbonyl (C=O) groups is 2. The van der Waals surface area contributed by atoms with Crippen molar-refractivity contribution in [1.29, 1.82) is 0 Å². The van der Waals surface area contributed by atoms with Gasteiger partial charge < -0.3 is 19.3 Å². The van der Waals surface area contributed by atoms with Crippen LogP contribution < -0.4 is 14.5 Å². The lowest BCUT2D eigenvalue weighted by Gasteiger charge is -2.38. The van der Waals surface area contributed by atoms with Crippen molar-refractivity contribution < 1.29 is 19.1 Å². The van der Waals surface area contributed by atoms with Crippen LogP contribution in [0.25, 0.3) is 0 Å². The highest BCUT2D eigenvalue weighted by Crippen LogP contribution is 2.36. The van der Waals surface area contributed by atoms with Gasteiger partial charge in [-0.25, -0.2) is 4.79 Å². The Labute approximate surface area is 336 Å². The summed E-state index contributed by atoms with van der Waals surface area (Å²) in [6.45, 7) is 14.9. The third kappa shape index (κ3) is 13.8. The Morgan fingerprint density at radius 1 is 0.796 bits per heavy atom. The molecule has 8 nitrogen and oxygen atoms in total. The number of nitrogens with zero attached hydrogens (tertiary/aromatic N) is 4. The molecule has 1 fully saturated rings. The van der Waals surface area contributed by atoms with Gasteiger partial charge in [-0.1, -0.05) is 127 Å². The van der Waals surface area contributed by atoms with Gasteiger partial charge in [-0.05, 0) is 62.9 Å². The molecule has 4 rings (SSSR count). The lowest BCUT2D eigenvalue weighted by molar-refractivity contribution is -0.121. The highest BCUT2D eigenvalue weighted by Gasteiger charge is 2.36. The average Bonchev–Trinajstić information content (AvgIpc) is 3.17. The number of unbranched alkanes of at least 4 members (excludes halogenated alkanes) is 12. The zero-order valence-corrected chi connectivity index (χ0v) is 35.3. The summed E-state index contributed by atoms with van der Waals surface area (Å²) < 4.78 is 12.4. The molecule has 302 valence electrons. The van der Waals surface area contributed by atoms with Gasteiger partial charge in [-0.15, -0.1) is 0 Å². The normalized spacial score (nSPS) is 15.4. The maximum Gasteiger partial charge on any atom is 0.411 e. The van der Waals surface area contributed by atoms with Crippen molar-refractivity contribution >= 4 is 46.6 Å². The summed E-state index contributed by atoms with van der Waals surface area (Å²) in [5.74, 6) is 0.632. The highest BCUT2D eigenvalue weighted by molar-refractivity contribution is 6.43. The Hall–Kier alpha value is -2.68. The number of piperazine rings is 1. The first-order chi connectivity index (χ1) is 26.2. The number of carbonyl (C=O) groups excluding carboxylic acids is 2. The van der Waals surface area contributed by atoms with Gasteiger partial charge in [0.2, 0.25) is 5.91 Å². The van der Waals surface area contributed by atoms with Crippen molar-refractivity contribution in [3.05, 3.63) is 52.0 Å². The molecule has 2 aromatic carbocycles. The van der Waals surface area contributed by atoms with Crippen LogP contribution in [-0.4, -0.2) is 80.4 Å². The van der Waals surface area contributed by atoms with Crippen LogP contribution in [0.4, 0.5) is 16.2 Å². The van der Waals surface area contributed by atoms with E-state index in [-0.39, 0.29) is 17.9 Å². The number of aryl methyl sites for hydroxylation is 1. The molecule has 0 radical (unpaired) electrons. The average molecular weight is 788 g/mol. The summed E-state index contributed by atoms with van der Waals surface area (Å²) in [5, 5.41) is 1.22. The summed E-state index contributed by atoms with van der Waals surface area (Å²) in [4.78, 5) is 35.3. The molecule has 1 atom stereocenters. The lowest BCUT2D eigenvalue weighted by atomic mass is 9.98. The number of hydrogen-bond acceptors (Lipinski definition) is 6. The minimum Gasteiger partial charge on any atom is -0.494 e. The Bertz CT molecular complexity index is 1420. The van der Waals surface area contributed by atoms with Crippen molar-refractivity contribution in [2.45, 2.75) is 137 Å². The van der Waals surface area contributed by atoms with Crippen LogP contribution in [0.3, 0.4) is 0 Å². The van der Waals surface area contributed by atoms with Crippen molar-refractivity contribution in [2.75, 3.05) is 62.2 Å².